The monoisotopic (exact) mass is 311 g/mol. The van der Waals surface area contributed by atoms with E-state index in [9.17, 15) is 18.0 Å². The van der Waals surface area contributed by atoms with Crippen LogP contribution >= 0.6 is 0 Å². The SMILES string of the molecule is CN(C(=O)CNCC1CC1)c1ccc(C#N)c(C(F)(F)F)c1. The van der Waals surface area contributed by atoms with E-state index in [1.54, 1.807) is 0 Å². The van der Waals surface area contributed by atoms with Crippen LogP contribution in [0.1, 0.15) is 24.0 Å². The average molecular weight is 311 g/mol. The first kappa shape index (κ1) is 16.3. The van der Waals surface area contributed by atoms with Crippen LogP contribution < -0.4 is 10.2 Å². The minimum Gasteiger partial charge on any atom is -0.314 e. The molecule has 22 heavy (non-hydrogen) atoms. The van der Waals surface area contributed by atoms with Crippen LogP contribution in [-0.2, 0) is 11.0 Å². The molecule has 0 saturated heterocycles. The van der Waals surface area contributed by atoms with Gasteiger partial charge in [0.2, 0.25) is 5.91 Å². The van der Waals surface area contributed by atoms with Crippen molar-refractivity contribution in [3.8, 4) is 6.07 Å². The van der Waals surface area contributed by atoms with Crippen molar-refractivity contribution in [1.82, 2.24) is 5.32 Å². The van der Waals surface area contributed by atoms with E-state index < -0.39 is 17.3 Å². The highest BCUT2D eigenvalue weighted by atomic mass is 19.4. The third-order valence-electron chi connectivity index (χ3n) is 3.60. The van der Waals surface area contributed by atoms with Crippen molar-refractivity contribution < 1.29 is 18.0 Å². The minimum absolute atomic E-state index is 0.0777. The van der Waals surface area contributed by atoms with E-state index >= 15 is 0 Å². The lowest BCUT2D eigenvalue weighted by Crippen LogP contribution is -2.36. The van der Waals surface area contributed by atoms with Crippen LogP contribution in [0, 0.1) is 17.2 Å². The number of carbonyl (C=O) groups excluding carboxylic acids is 1. The Labute approximate surface area is 126 Å². The third kappa shape index (κ3) is 3.98. The van der Waals surface area contributed by atoms with Gasteiger partial charge in [-0.15, -0.1) is 0 Å². The number of likely N-dealkylation sites (N-methyl/N-ethyl adjacent to an activating group) is 1. The summed E-state index contributed by atoms with van der Waals surface area (Å²) in [6, 6.07) is 4.77. The molecule has 4 nitrogen and oxygen atoms in total. The molecular weight excluding hydrogens is 295 g/mol. The number of anilines is 1. The summed E-state index contributed by atoms with van der Waals surface area (Å²) >= 11 is 0. The van der Waals surface area contributed by atoms with Gasteiger partial charge in [-0.25, -0.2) is 0 Å². The Hall–Kier alpha value is -2.07. The van der Waals surface area contributed by atoms with E-state index in [1.165, 1.54) is 19.2 Å². The van der Waals surface area contributed by atoms with E-state index in [0.717, 1.165) is 36.4 Å². The molecule has 1 fully saturated rings. The number of rotatable bonds is 5. The second kappa shape index (κ2) is 6.36. The van der Waals surface area contributed by atoms with E-state index in [0.29, 0.717) is 5.92 Å². The summed E-state index contributed by atoms with van der Waals surface area (Å²) < 4.78 is 38.7. The number of hydrogen-bond acceptors (Lipinski definition) is 3. The Kier molecular flexibility index (Phi) is 4.71. The number of carbonyl (C=O) groups is 1. The lowest BCUT2D eigenvalue weighted by atomic mass is 10.1. The van der Waals surface area contributed by atoms with Gasteiger partial charge < -0.3 is 10.2 Å². The molecule has 1 saturated carbocycles. The van der Waals surface area contributed by atoms with Crippen molar-refractivity contribution in [2.75, 3.05) is 25.0 Å². The number of hydrogen-bond donors (Lipinski definition) is 1. The zero-order valence-corrected chi connectivity index (χ0v) is 12.1. The first-order valence-corrected chi connectivity index (χ1v) is 6.91. The summed E-state index contributed by atoms with van der Waals surface area (Å²) in [4.78, 5) is 13.1. The lowest BCUT2D eigenvalue weighted by Gasteiger charge is -2.19. The second-order valence-electron chi connectivity index (χ2n) is 5.37. The molecular formula is C15H16F3N3O. The zero-order valence-electron chi connectivity index (χ0n) is 12.1. The van der Waals surface area contributed by atoms with Crippen LogP contribution in [-0.4, -0.2) is 26.0 Å². The van der Waals surface area contributed by atoms with Crippen LogP contribution in [0.2, 0.25) is 0 Å². The molecule has 1 aromatic rings. The fraction of sp³-hybridized carbons (Fsp3) is 0.467. The number of nitrogens with zero attached hydrogens (tertiary/aromatic N) is 2. The van der Waals surface area contributed by atoms with Crippen molar-refractivity contribution in [3.05, 3.63) is 29.3 Å². The second-order valence-corrected chi connectivity index (χ2v) is 5.37. The van der Waals surface area contributed by atoms with Gasteiger partial charge in [-0.2, -0.15) is 18.4 Å². The summed E-state index contributed by atoms with van der Waals surface area (Å²) in [5, 5.41) is 11.8. The smallest absolute Gasteiger partial charge is 0.314 e. The first-order chi connectivity index (χ1) is 10.3. The van der Waals surface area contributed by atoms with Crippen LogP contribution in [0.25, 0.3) is 0 Å². The number of halogens is 3. The normalized spacial score (nSPS) is 14.5. The molecule has 1 aliphatic rings. The Balaban J connectivity index is 2.09. The van der Waals surface area contributed by atoms with Crippen molar-refractivity contribution >= 4 is 11.6 Å². The van der Waals surface area contributed by atoms with Gasteiger partial charge in [0, 0.05) is 12.7 Å². The molecule has 0 radical (unpaired) electrons. The van der Waals surface area contributed by atoms with E-state index in [4.69, 9.17) is 5.26 Å². The van der Waals surface area contributed by atoms with Gasteiger partial charge in [0.05, 0.1) is 23.7 Å². The molecule has 1 amide bonds. The zero-order chi connectivity index (χ0) is 16.3. The van der Waals surface area contributed by atoms with Crippen molar-refractivity contribution in [3.63, 3.8) is 0 Å². The molecule has 1 N–H and O–H groups in total. The van der Waals surface area contributed by atoms with Crippen LogP contribution in [0.3, 0.4) is 0 Å². The van der Waals surface area contributed by atoms with Crippen LogP contribution in [0.4, 0.5) is 18.9 Å². The van der Waals surface area contributed by atoms with Gasteiger partial charge in [-0.05, 0) is 43.5 Å². The molecule has 1 aromatic carbocycles. The van der Waals surface area contributed by atoms with Crippen LogP contribution in [0.5, 0.6) is 0 Å². The largest absolute Gasteiger partial charge is 0.417 e. The standard InChI is InChI=1S/C15H16F3N3O/c1-21(14(22)9-20-8-10-2-3-10)12-5-4-11(7-19)13(6-12)15(16,17)18/h4-6,10,20H,2-3,8-9H2,1H3. The Morgan fingerprint density at radius 2 is 2.14 bits per heavy atom. The van der Waals surface area contributed by atoms with Gasteiger partial charge in [0.15, 0.2) is 0 Å². The molecule has 2 rings (SSSR count). The summed E-state index contributed by atoms with van der Waals surface area (Å²) in [6.45, 7) is 0.828. The predicted octanol–water partition coefficient (Wildman–Crippen LogP) is 2.54. The topological polar surface area (TPSA) is 56.1 Å². The highest BCUT2D eigenvalue weighted by molar-refractivity contribution is 5.94. The van der Waals surface area contributed by atoms with Gasteiger partial charge in [0.1, 0.15) is 0 Å². The Morgan fingerprint density at radius 1 is 1.45 bits per heavy atom. The summed E-state index contributed by atoms with van der Waals surface area (Å²) in [7, 11) is 1.42. The van der Waals surface area contributed by atoms with E-state index in [1.807, 2.05) is 0 Å². The number of amides is 1. The maximum Gasteiger partial charge on any atom is 0.417 e. The maximum atomic E-state index is 12.9. The molecule has 118 valence electrons. The molecule has 0 aromatic heterocycles. The number of benzene rings is 1. The van der Waals surface area contributed by atoms with Gasteiger partial charge in [-0.1, -0.05) is 0 Å². The minimum atomic E-state index is -4.63. The molecule has 1 aliphatic carbocycles. The maximum absolute atomic E-state index is 12.9. The summed E-state index contributed by atoms with van der Waals surface area (Å²) in [5.41, 5.74) is -1.37. The Bertz CT molecular complexity index is 603. The van der Waals surface area contributed by atoms with Crippen LogP contribution in [0.15, 0.2) is 18.2 Å². The average Bonchev–Trinajstić information content (AvgIpc) is 3.29. The fourth-order valence-corrected chi connectivity index (χ4v) is 2.04. The molecule has 0 spiro atoms. The molecule has 0 unspecified atom stereocenters. The molecule has 7 heteroatoms. The predicted molar refractivity (Wildman–Crippen MR) is 75.2 cm³/mol. The third-order valence-corrected chi connectivity index (χ3v) is 3.60. The molecule has 0 bridgehead atoms. The van der Waals surface area contributed by atoms with Crippen molar-refractivity contribution in [2.24, 2.45) is 5.92 Å². The van der Waals surface area contributed by atoms with Crippen molar-refractivity contribution in [2.45, 2.75) is 19.0 Å². The molecule has 0 atom stereocenters. The quantitative estimate of drug-likeness (QED) is 0.909. The number of nitriles is 1. The molecule has 0 heterocycles. The van der Waals surface area contributed by atoms with Gasteiger partial charge in [0.25, 0.3) is 0 Å². The highest BCUT2D eigenvalue weighted by Crippen LogP contribution is 2.34. The number of nitrogens with one attached hydrogen (secondary N) is 1. The Morgan fingerprint density at radius 3 is 2.68 bits per heavy atom. The first-order valence-electron chi connectivity index (χ1n) is 6.91. The van der Waals surface area contributed by atoms with Gasteiger partial charge in [-0.3, -0.25) is 4.79 Å². The lowest BCUT2D eigenvalue weighted by molar-refractivity contribution is -0.137. The summed E-state index contributed by atoms with van der Waals surface area (Å²) in [6.07, 6.45) is -2.32. The molecule has 0 aliphatic heterocycles. The van der Waals surface area contributed by atoms with Crippen molar-refractivity contribution in [1.29, 1.82) is 5.26 Å². The van der Waals surface area contributed by atoms with E-state index in [2.05, 4.69) is 5.32 Å². The number of alkyl halides is 3. The highest BCUT2D eigenvalue weighted by Gasteiger charge is 2.34. The summed E-state index contributed by atoms with van der Waals surface area (Å²) in [5.74, 6) is 0.295. The fourth-order valence-electron chi connectivity index (χ4n) is 2.04. The van der Waals surface area contributed by atoms with E-state index in [-0.39, 0.29) is 18.1 Å². The van der Waals surface area contributed by atoms with Gasteiger partial charge >= 0.3 is 6.18 Å².